The Hall–Kier alpha value is -1.84. The van der Waals surface area contributed by atoms with Crippen LogP contribution in [0.1, 0.15) is 55.8 Å². The largest absolute Gasteiger partial charge is 0.366 e. The minimum atomic E-state index is -0.464. The monoisotopic (exact) mass is 262 g/mol. The first kappa shape index (κ1) is 15.2. The highest BCUT2D eigenvalue weighted by molar-refractivity contribution is 5.94. The molecule has 0 saturated heterocycles. The highest BCUT2D eigenvalue weighted by atomic mass is 16.1. The normalized spacial score (nSPS) is 10.2. The van der Waals surface area contributed by atoms with Crippen molar-refractivity contribution in [1.29, 1.82) is 0 Å². The van der Waals surface area contributed by atoms with Gasteiger partial charge >= 0.3 is 0 Å². The maximum atomic E-state index is 11.7. The Kier molecular flexibility index (Phi) is 6.64. The van der Waals surface area contributed by atoms with Crippen LogP contribution in [0.4, 0.5) is 5.69 Å². The molecule has 1 rings (SSSR count). The lowest BCUT2D eigenvalue weighted by atomic mass is 10.1. The van der Waals surface area contributed by atoms with Crippen LogP contribution in [0.3, 0.4) is 0 Å². The molecule has 1 aromatic carbocycles. The number of carbonyl (C=O) groups is 2. The Labute approximate surface area is 114 Å². The van der Waals surface area contributed by atoms with E-state index in [1.54, 1.807) is 24.3 Å². The number of carbonyl (C=O) groups excluding carboxylic acids is 2. The number of hydrogen-bond donors (Lipinski definition) is 2. The van der Waals surface area contributed by atoms with Gasteiger partial charge in [-0.15, -0.1) is 0 Å². The van der Waals surface area contributed by atoms with E-state index in [9.17, 15) is 9.59 Å². The molecule has 0 radical (unpaired) electrons. The first-order valence-corrected chi connectivity index (χ1v) is 6.83. The second kappa shape index (κ2) is 8.29. The minimum Gasteiger partial charge on any atom is -0.366 e. The molecule has 0 saturated carbocycles. The molecule has 0 fully saturated rings. The fourth-order valence-corrected chi connectivity index (χ4v) is 1.83. The van der Waals surface area contributed by atoms with Gasteiger partial charge in [-0.2, -0.15) is 0 Å². The van der Waals surface area contributed by atoms with Crippen molar-refractivity contribution >= 4 is 17.5 Å². The Morgan fingerprint density at radius 2 is 1.68 bits per heavy atom. The standard InChI is InChI=1S/C15H22N2O2/c1-2-3-4-5-6-7-14(18)17-13-10-8-12(9-11-13)15(16)19/h8-11H,2-7H2,1H3,(H2,16,19)(H,17,18). The SMILES string of the molecule is CCCCCCCC(=O)Nc1ccc(C(N)=O)cc1. The van der Waals surface area contributed by atoms with Gasteiger partial charge in [-0.3, -0.25) is 9.59 Å². The molecule has 0 aliphatic carbocycles. The van der Waals surface area contributed by atoms with E-state index in [-0.39, 0.29) is 5.91 Å². The van der Waals surface area contributed by atoms with Crippen molar-refractivity contribution in [3.05, 3.63) is 29.8 Å². The zero-order chi connectivity index (χ0) is 14.1. The Morgan fingerprint density at radius 1 is 1.05 bits per heavy atom. The number of nitrogens with one attached hydrogen (secondary N) is 1. The Bertz CT molecular complexity index is 413. The number of amides is 2. The van der Waals surface area contributed by atoms with Gasteiger partial charge in [0, 0.05) is 17.7 Å². The summed E-state index contributed by atoms with van der Waals surface area (Å²) in [5, 5.41) is 2.81. The van der Waals surface area contributed by atoms with Crippen LogP contribution < -0.4 is 11.1 Å². The fraction of sp³-hybridized carbons (Fsp3) is 0.467. The van der Waals surface area contributed by atoms with Crippen molar-refractivity contribution < 1.29 is 9.59 Å². The average Bonchev–Trinajstić information content (AvgIpc) is 2.39. The number of unbranched alkanes of at least 4 members (excludes halogenated alkanes) is 4. The molecule has 4 heteroatoms. The van der Waals surface area contributed by atoms with E-state index in [1.807, 2.05) is 0 Å². The van der Waals surface area contributed by atoms with Gasteiger partial charge in [0.25, 0.3) is 0 Å². The number of benzene rings is 1. The topological polar surface area (TPSA) is 72.2 Å². The quantitative estimate of drug-likeness (QED) is 0.707. The molecule has 0 bridgehead atoms. The van der Waals surface area contributed by atoms with Gasteiger partial charge in [-0.25, -0.2) is 0 Å². The molecule has 0 aromatic heterocycles. The number of anilines is 1. The van der Waals surface area contributed by atoms with Gasteiger partial charge in [0.15, 0.2) is 0 Å². The third-order valence-electron chi connectivity index (χ3n) is 2.96. The average molecular weight is 262 g/mol. The summed E-state index contributed by atoms with van der Waals surface area (Å²) < 4.78 is 0. The van der Waals surface area contributed by atoms with Crippen LogP contribution in [-0.2, 0) is 4.79 Å². The number of primary amides is 1. The second-order valence-electron chi connectivity index (χ2n) is 4.65. The first-order chi connectivity index (χ1) is 9.13. The van der Waals surface area contributed by atoms with Crippen LogP contribution in [0.2, 0.25) is 0 Å². The van der Waals surface area contributed by atoms with Crippen molar-refractivity contribution in [3.8, 4) is 0 Å². The van der Waals surface area contributed by atoms with Crippen LogP contribution in [0.25, 0.3) is 0 Å². The van der Waals surface area contributed by atoms with Crippen molar-refractivity contribution in [2.45, 2.75) is 45.4 Å². The number of nitrogens with two attached hydrogens (primary N) is 1. The lowest BCUT2D eigenvalue weighted by molar-refractivity contribution is -0.116. The molecule has 0 aliphatic heterocycles. The van der Waals surface area contributed by atoms with Gasteiger partial charge in [-0.05, 0) is 30.7 Å². The van der Waals surface area contributed by atoms with E-state index in [4.69, 9.17) is 5.73 Å². The summed E-state index contributed by atoms with van der Waals surface area (Å²) >= 11 is 0. The number of hydrogen-bond acceptors (Lipinski definition) is 2. The highest BCUT2D eigenvalue weighted by Crippen LogP contribution is 2.11. The molecule has 104 valence electrons. The van der Waals surface area contributed by atoms with Gasteiger partial charge in [-0.1, -0.05) is 32.6 Å². The Morgan fingerprint density at radius 3 is 2.26 bits per heavy atom. The first-order valence-electron chi connectivity index (χ1n) is 6.83. The summed E-state index contributed by atoms with van der Waals surface area (Å²) in [6.45, 7) is 2.17. The molecular weight excluding hydrogens is 240 g/mol. The lowest BCUT2D eigenvalue weighted by Gasteiger charge is -2.05. The lowest BCUT2D eigenvalue weighted by Crippen LogP contribution is -2.13. The van der Waals surface area contributed by atoms with E-state index < -0.39 is 5.91 Å². The van der Waals surface area contributed by atoms with E-state index in [0.29, 0.717) is 17.7 Å². The zero-order valence-electron chi connectivity index (χ0n) is 11.4. The van der Waals surface area contributed by atoms with Crippen molar-refractivity contribution in [3.63, 3.8) is 0 Å². The predicted molar refractivity (Wildman–Crippen MR) is 77.0 cm³/mol. The minimum absolute atomic E-state index is 0.0170. The van der Waals surface area contributed by atoms with E-state index in [2.05, 4.69) is 12.2 Å². The molecule has 19 heavy (non-hydrogen) atoms. The molecule has 0 unspecified atom stereocenters. The number of rotatable bonds is 8. The van der Waals surface area contributed by atoms with Crippen molar-refractivity contribution in [1.82, 2.24) is 0 Å². The fourth-order valence-electron chi connectivity index (χ4n) is 1.83. The molecule has 0 spiro atoms. The summed E-state index contributed by atoms with van der Waals surface area (Å²) in [4.78, 5) is 22.6. The highest BCUT2D eigenvalue weighted by Gasteiger charge is 2.03. The molecule has 4 nitrogen and oxygen atoms in total. The predicted octanol–water partition coefficient (Wildman–Crippen LogP) is 3.08. The third-order valence-corrected chi connectivity index (χ3v) is 2.96. The summed E-state index contributed by atoms with van der Waals surface area (Å²) in [7, 11) is 0. The summed E-state index contributed by atoms with van der Waals surface area (Å²) in [6.07, 6.45) is 6.19. The molecule has 2 amide bonds. The van der Waals surface area contributed by atoms with Crippen LogP contribution in [0.15, 0.2) is 24.3 Å². The van der Waals surface area contributed by atoms with E-state index >= 15 is 0 Å². The maximum absolute atomic E-state index is 11.7. The van der Waals surface area contributed by atoms with Crippen LogP contribution >= 0.6 is 0 Å². The van der Waals surface area contributed by atoms with Gasteiger partial charge in [0.2, 0.25) is 11.8 Å². The smallest absolute Gasteiger partial charge is 0.248 e. The molecule has 0 aliphatic rings. The van der Waals surface area contributed by atoms with Gasteiger partial charge < -0.3 is 11.1 Å². The van der Waals surface area contributed by atoms with Crippen LogP contribution in [-0.4, -0.2) is 11.8 Å². The maximum Gasteiger partial charge on any atom is 0.248 e. The third kappa shape index (κ3) is 6.04. The second-order valence-corrected chi connectivity index (χ2v) is 4.65. The Balaban J connectivity index is 2.30. The van der Waals surface area contributed by atoms with Gasteiger partial charge in [0.1, 0.15) is 0 Å². The molecule has 0 atom stereocenters. The van der Waals surface area contributed by atoms with Crippen LogP contribution in [0.5, 0.6) is 0 Å². The summed E-state index contributed by atoms with van der Waals surface area (Å²) in [5.41, 5.74) is 6.28. The van der Waals surface area contributed by atoms with Crippen LogP contribution in [0, 0.1) is 0 Å². The molecule has 0 heterocycles. The van der Waals surface area contributed by atoms with Crippen molar-refractivity contribution in [2.75, 3.05) is 5.32 Å². The van der Waals surface area contributed by atoms with E-state index in [1.165, 1.54) is 19.3 Å². The van der Waals surface area contributed by atoms with Gasteiger partial charge in [0.05, 0.1) is 0 Å². The van der Waals surface area contributed by atoms with Crippen molar-refractivity contribution in [2.24, 2.45) is 5.73 Å². The molecule has 1 aromatic rings. The summed E-state index contributed by atoms with van der Waals surface area (Å²) in [6, 6.07) is 6.60. The van der Waals surface area contributed by atoms with E-state index in [0.717, 1.165) is 12.8 Å². The molecular formula is C15H22N2O2. The summed E-state index contributed by atoms with van der Waals surface area (Å²) in [5.74, 6) is -0.447. The molecule has 3 N–H and O–H groups in total. The zero-order valence-corrected chi connectivity index (χ0v) is 11.4.